The molecule has 1 fully saturated rings. The van der Waals surface area contributed by atoms with Gasteiger partial charge in [-0.25, -0.2) is 4.98 Å². The van der Waals surface area contributed by atoms with Crippen LogP contribution in [0, 0.1) is 0 Å². The molecule has 2 aromatic heterocycles. The van der Waals surface area contributed by atoms with Gasteiger partial charge in [0.2, 0.25) is 5.89 Å². The number of carbonyl (C=O) groups is 1. The fourth-order valence-electron chi connectivity index (χ4n) is 3.09. The lowest BCUT2D eigenvalue weighted by molar-refractivity contribution is 0.0589. The summed E-state index contributed by atoms with van der Waals surface area (Å²) in [5, 5.41) is 0. The number of carbonyl (C=O) groups excluding carboxylic acids is 1. The van der Waals surface area contributed by atoms with E-state index in [2.05, 4.69) is 9.97 Å². The molecule has 3 aromatic rings. The first kappa shape index (κ1) is 18.0. The zero-order chi connectivity index (χ0) is 19.2. The largest absolute Gasteiger partial charge is 0.489 e. The molecular formula is C21H21N3O4. The zero-order valence-electron chi connectivity index (χ0n) is 15.4. The Morgan fingerprint density at radius 2 is 1.89 bits per heavy atom. The summed E-state index contributed by atoms with van der Waals surface area (Å²) in [5.74, 6) is 1.73. The average Bonchev–Trinajstić information content (AvgIpc) is 3.23. The van der Waals surface area contributed by atoms with Gasteiger partial charge in [-0.05, 0) is 24.3 Å². The van der Waals surface area contributed by atoms with Crippen LogP contribution in [0.5, 0.6) is 11.5 Å². The van der Waals surface area contributed by atoms with Gasteiger partial charge in [-0.15, -0.1) is 0 Å². The smallest absolute Gasteiger partial charge is 0.275 e. The highest BCUT2D eigenvalue weighted by molar-refractivity contribution is 5.92. The number of rotatable bonds is 6. The third kappa shape index (κ3) is 4.49. The molecule has 28 heavy (non-hydrogen) atoms. The maximum atomic E-state index is 12.7. The minimum Gasteiger partial charge on any atom is -0.489 e. The van der Waals surface area contributed by atoms with Gasteiger partial charge in [0.25, 0.3) is 5.91 Å². The number of hydrogen-bond donors (Lipinski definition) is 0. The Balaban J connectivity index is 1.28. The molecule has 7 heteroatoms. The predicted molar refractivity (Wildman–Crippen MR) is 101 cm³/mol. The number of nitrogens with zero attached hydrogens (tertiary/aromatic N) is 3. The molecule has 0 N–H and O–H groups in total. The van der Waals surface area contributed by atoms with Crippen LogP contribution >= 0.6 is 0 Å². The molecule has 144 valence electrons. The Bertz CT molecular complexity index is 890. The van der Waals surface area contributed by atoms with Crippen LogP contribution in [0.4, 0.5) is 0 Å². The van der Waals surface area contributed by atoms with Crippen LogP contribution in [0.1, 0.15) is 29.2 Å². The summed E-state index contributed by atoms with van der Waals surface area (Å²) in [6, 6.07) is 13.1. The molecule has 1 aliphatic heterocycles. The lowest BCUT2D eigenvalue weighted by Crippen LogP contribution is -2.41. The third-order valence-corrected chi connectivity index (χ3v) is 4.54. The number of ether oxygens (including phenoxy) is 2. The summed E-state index contributed by atoms with van der Waals surface area (Å²) >= 11 is 0. The summed E-state index contributed by atoms with van der Waals surface area (Å²) in [6.07, 6.45) is 6.42. The highest BCUT2D eigenvalue weighted by Gasteiger charge is 2.26. The molecule has 1 aliphatic rings. The normalized spacial score (nSPS) is 14.6. The van der Waals surface area contributed by atoms with Crippen molar-refractivity contribution in [2.75, 3.05) is 13.1 Å². The first-order valence-corrected chi connectivity index (χ1v) is 9.26. The van der Waals surface area contributed by atoms with Crippen molar-refractivity contribution in [2.45, 2.75) is 25.6 Å². The number of pyridine rings is 1. The van der Waals surface area contributed by atoms with Crippen molar-refractivity contribution in [3.05, 3.63) is 72.7 Å². The number of oxazole rings is 1. The molecular weight excluding hydrogens is 358 g/mol. The summed E-state index contributed by atoms with van der Waals surface area (Å²) in [6.45, 7) is 1.41. The van der Waals surface area contributed by atoms with E-state index in [9.17, 15) is 4.79 Å². The van der Waals surface area contributed by atoms with Crippen LogP contribution < -0.4 is 9.47 Å². The van der Waals surface area contributed by atoms with Crippen molar-refractivity contribution in [2.24, 2.45) is 0 Å². The van der Waals surface area contributed by atoms with Crippen LogP contribution in [-0.2, 0) is 6.61 Å². The van der Waals surface area contributed by atoms with Crippen molar-refractivity contribution in [3.63, 3.8) is 0 Å². The number of para-hydroxylation sites is 1. The number of aromatic nitrogens is 2. The molecule has 1 amide bonds. The van der Waals surface area contributed by atoms with E-state index >= 15 is 0 Å². The Labute approximate surface area is 162 Å². The van der Waals surface area contributed by atoms with Gasteiger partial charge < -0.3 is 18.8 Å². The lowest BCUT2D eigenvalue weighted by atomic mass is 10.1. The van der Waals surface area contributed by atoms with Crippen LogP contribution in [0.2, 0.25) is 0 Å². The molecule has 0 unspecified atom stereocenters. The van der Waals surface area contributed by atoms with Gasteiger partial charge >= 0.3 is 0 Å². The lowest BCUT2D eigenvalue weighted by Gasteiger charge is -2.31. The van der Waals surface area contributed by atoms with E-state index in [1.165, 1.54) is 6.26 Å². The number of amides is 1. The van der Waals surface area contributed by atoms with E-state index in [0.29, 0.717) is 24.7 Å². The van der Waals surface area contributed by atoms with E-state index in [-0.39, 0.29) is 18.6 Å². The number of hydrogen-bond acceptors (Lipinski definition) is 6. The maximum absolute atomic E-state index is 12.7. The molecule has 0 saturated carbocycles. The fourth-order valence-corrected chi connectivity index (χ4v) is 3.09. The second kappa shape index (κ2) is 8.56. The minimum absolute atomic E-state index is 0.0837. The molecule has 1 saturated heterocycles. The summed E-state index contributed by atoms with van der Waals surface area (Å²) in [5.41, 5.74) is 0.304. The van der Waals surface area contributed by atoms with Crippen LogP contribution in [0.25, 0.3) is 0 Å². The molecule has 3 heterocycles. The maximum Gasteiger partial charge on any atom is 0.275 e. The molecule has 0 spiro atoms. The van der Waals surface area contributed by atoms with Crippen molar-refractivity contribution < 1.29 is 18.7 Å². The van der Waals surface area contributed by atoms with Gasteiger partial charge in [-0.2, -0.15) is 0 Å². The highest BCUT2D eigenvalue weighted by atomic mass is 16.5. The van der Waals surface area contributed by atoms with Crippen molar-refractivity contribution in [1.82, 2.24) is 14.9 Å². The van der Waals surface area contributed by atoms with Crippen LogP contribution in [-0.4, -0.2) is 40.0 Å². The number of piperidine rings is 1. The summed E-state index contributed by atoms with van der Waals surface area (Å²) in [7, 11) is 0. The van der Waals surface area contributed by atoms with Crippen LogP contribution in [0.3, 0.4) is 0 Å². The standard InChI is InChI=1S/C21H21N3O4/c25-21(19-14-27-20(23-19)15-26-16-5-2-1-3-6-16)24-11-8-17(9-12-24)28-18-7-4-10-22-13-18/h1-7,10,13-14,17H,8-9,11-12,15H2. The number of benzene rings is 1. The summed E-state index contributed by atoms with van der Waals surface area (Å²) in [4.78, 5) is 22.8. The monoisotopic (exact) mass is 379 g/mol. The molecule has 0 aliphatic carbocycles. The van der Waals surface area contributed by atoms with Crippen LogP contribution in [0.15, 0.2) is 65.5 Å². The first-order valence-electron chi connectivity index (χ1n) is 9.26. The number of likely N-dealkylation sites (tertiary alicyclic amines) is 1. The van der Waals surface area contributed by atoms with Gasteiger partial charge in [0.05, 0.1) is 6.20 Å². The molecule has 1 aromatic carbocycles. The first-order chi connectivity index (χ1) is 13.8. The average molecular weight is 379 g/mol. The van der Waals surface area contributed by atoms with E-state index < -0.39 is 0 Å². The summed E-state index contributed by atoms with van der Waals surface area (Å²) < 4.78 is 16.9. The van der Waals surface area contributed by atoms with E-state index in [1.54, 1.807) is 17.3 Å². The van der Waals surface area contributed by atoms with Gasteiger partial charge in [-0.3, -0.25) is 9.78 Å². The zero-order valence-corrected chi connectivity index (χ0v) is 15.4. The molecule has 0 radical (unpaired) electrons. The highest BCUT2D eigenvalue weighted by Crippen LogP contribution is 2.19. The third-order valence-electron chi connectivity index (χ3n) is 4.54. The predicted octanol–water partition coefficient (Wildman–Crippen LogP) is 3.33. The van der Waals surface area contributed by atoms with E-state index in [4.69, 9.17) is 13.9 Å². The molecule has 0 atom stereocenters. The van der Waals surface area contributed by atoms with Gasteiger partial charge in [0.1, 0.15) is 23.9 Å². The Morgan fingerprint density at radius 1 is 1.11 bits per heavy atom. The molecule has 0 bridgehead atoms. The second-order valence-corrected chi connectivity index (χ2v) is 6.53. The quantitative estimate of drug-likeness (QED) is 0.654. The topological polar surface area (TPSA) is 77.7 Å². The fraction of sp³-hybridized carbons (Fsp3) is 0.286. The van der Waals surface area contributed by atoms with Gasteiger partial charge in [0.15, 0.2) is 12.3 Å². The van der Waals surface area contributed by atoms with E-state index in [0.717, 1.165) is 24.3 Å². The van der Waals surface area contributed by atoms with Crippen molar-refractivity contribution >= 4 is 5.91 Å². The molecule has 7 nitrogen and oxygen atoms in total. The second-order valence-electron chi connectivity index (χ2n) is 6.53. The minimum atomic E-state index is -0.130. The Kier molecular flexibility index (Phi) is 5.51. The van der Waals surface area contributed by atoms with Gasteiger partial charge in [-0.1, -0.05) is 18.2 Å². The van der Waals surface area contributed by atoms with Crippen molar-refractivity contribution in [1.29, 1.82) is 0 Å². The SMILES string of the molecule is O=C(c1coc(COc2ccccc2)n1)N1CCC(Oc2cccnc2)CC1. The van der Waals surface area contributed by atoms with E-state index in [1.807, 2.05) is 42.5 Å². The van der Waals surface area contributed by atoms with Gasteiger partial charge in [0, 0.05) is 32.1 Å². The molecule has 4 rings (SSSR count). The Morgan fingerprint density at radius 3 is 2.64 bits per heavy atom. The Hall–Kier alpha value is -3.35. The van der Waals surface area contributed by atoms with Crippen molar-refractivity contribution in [3.8, 4) is 11.5 Å².